The summed E-state index contributed by atoms with van der Waals surface area (Å²) in [4.78, 5) is 0. The topological polar surface area (TPSA) is 72.7 Å². The minimum absolute atomic E-state index is 0.0515. The van der Waals surface area contributed by atoms with Gasteiger partial charge in [0.1, 0.15) is 0 Å². The minimum atomic E-state index is -0.859. The second kappa shape index (κ2) is 6.80. The number of hydrogen-bond donors (Lipinski definition) is 1. The van der Waals surface area contributed by atoms with Gasteiger partial charge in [0.05, 0.1) is 17.8 Å². The van der Waals surface area contributed by atoms with Crippen LogP contribution in [-0.4, -0.2) is 42.5 Å². The summed E-state index contributed by atoms with van der Waals surface area (Å²) in [6.45, 7) is 7.61. The first kappa shape index (κ1) is 14.2. The van der Waals surface area contributed by atoms with Gasteiger partial charge >= 0.3 is 0 Å². The van der Waals surface area contributed by atoms with Crippen LogP contribution in [0.1, 0.15) is 39.1 Å². The molecule has 3 atom stereocenters. The SMILES string of the molecule is CCCNC(C)c1nnnn1CC(C)S(C)=O. The monoisotopic (exact) mass is 259 g/mol. The largest absolute Gasteiger partial charge is 0.307 e. The summed E-state index contributed by atoms with van der Waals surface area (Å²) in [5.41, 5.74) is 0. The third kappa shape index (κ3) is 4.16. The molecule has 6 nitrogen and oxygen atoms in total. The second-order valence-electron chi connectivity index (χ2n) is 4.20. The van der Waals surface area contributed by atoms with Gasteiger partial charge in [-0.25, -0.2) is 4.68 Å². The first-order valence-corrected chi connectivity index (χ1v) is 7.50. The van der Waals surface area contributed by atoms with Crippen molar-refractivity contribution in [3.63, 3.8) is 0 Å². The van der Waals surface area contributed by atoms with E-state index in [0.717, 1.165) is 18.8 Å². The fraction of sp³-hybridized carbons (Fsp3) is 0.900. The molecule has 0 saturated heterocycles. The Morgan fingerprint density at radius 2 is 2.18 bits per heavy atom. The zero-order valence-corrected chi connectivity index (χ0v) is 11.7. The number of tetrazole rings is 1. The number of nitrogens with one attached hydrogen (secondary N) is 1. The van der Waals surface area contributed by atoms with Crippen molar-refractivity contribution in [2.45, 2.75) is 45.0 Å². The van der Waals surface area contributed by atoms with Crippen LogP contribution in [-0.2, 0) is 17.3 Å². The lowest BCUT2D eigenvalue weighted by Crippen LogP contribution is -2.26. The quantitative estimate of drug-likeness (QED) is 0.772. The molecule has 1 aromatic heterocycles. The van der Waals surface area contributed by atoms with Crippen molar-refractivity contribution < 1.29 is 4.21 Å². The zero-order chi connectivity index (χ0) is 12.8. The number of aromatic nitrogens is 4. The lowest BCUT2D eigenvalue weighted by molar-refractivity contribution is 0.483. The molecule has 0 spiro atoms. The van der Waals surface area contributed by atoms with Crippen LogP contribution in [0.2, 0.25) is 0 Å². The van der Waals surface area contributed by atoms with E-state index < -0.39 is 10.8 Å². The third-order valence-corrected chi connectivity index (χ3v) is 3.93. The Hall–Kier alpha value is -0.820. The Kier molecular flexibility index (Phi) is 5.70. The summed E-state index contributed by atoms with van der Waals surface area (Å²) in [5.74, 6) is 0.802. The maximum absolute atomic E-state index is 11.3. The Morgan fingerprint density at radius 1 is 1.47 bits per heavy atom. The van der Waals surface area contributed by atoms with E-state index in [-0.39, 0.29) is 11.3 Å². The van der Waals surface area contributed by atoms with Crippen molar-refractivity contribution >= 4 is 10.8 Å². The van der Waals surface area contributed by atoms with Crippen molar-refractivity contribution in [3.8, 4) is 0 Å². The average molecular weight is 259 g/mol. The van der Waals surface area contributed by atoms with Crippen LogP contribution in [0, 0.1) is 0 Å². The first-order chi connectivity index (χ1) is 8.06. The van der Waals surface area contributed by atoms with Gasteiger partial charge < -0.3 is 5.32 Å². The predicted octanol–water partition coefficient (Wildman–Crippen LogP) is 0.501. The fourth-order valence-corrected chi connectivity index (χ4v) is 1.80. The summed E-state index contributed by atoms with van der Waals surface area (Å²) in [6, 6.07) is 0.113. The molecular formula is C10H21N5OS. The third-order valence-electron chi connectivity index (χ3n) is 2.64. The van der Waals surface area contributed by atoms with E-state index in [1.807, 2.05) is 13.8 Å². The van der Waals surface area contributed by atoms with Gasteiger partial charge in [-0.15, -0.1) is 5.10 Å². The van der Waals surface area contributed by atoms with Crippen LogP contribution in [0.5, 0.6) is 0 Å². The van der Waals surface area contributed by atoms with Crippen LogP contribution < -0.4 is 5.32 Å². The van der Waals surface area contributed by atoms with Crippen LogP contribution in [0.15, 0.2) is 0 Å². The van der Waals surface area contributed by atoms with Crippen LogP contribution in [0.4, 0.5) is 0 Å². The second-order valence-corrected chi connectivity index (χ2v) is 6.01. The molecule has 0 aromatic carbocycles. The molecule has 0 aliphatic rings. The van der Waals surface area contributed by atoms with E-state index in [9.17, 15) is 4.21 Å². The highest BCUT2D eigenvalue weighted by molar-refractivity contribution is 7.84. The van der Waals surface area contributed by atoms with Crippen molar-refractivity contribution in [1.29, 1.82) is 0 Å². The van der Waals surface area contributed by atoms with Crippen LogP contribution in [0.3, 0.4) is 0 Å². The predicted molar refractivity (Wildman–Crippen MR) is 68.1 cm³/mol. The highest BCUT2D eigenvalue weighted by atomic mass is 32.2. The molecule has 0 fully saturated rings. The van der Waals surface area contributed by atoms with E-state index in [1.54, 1.807) is 10.9 Å². The number of nitrogens with zero attached hydrogens (tertiary/aromatic N) is 4. The number of rotatable bonds is 7. The van der Waals surface area contributed by atoms with Gasteiger partial charge in [0.25, 0.3) is 0 Å². The van der Waals surface area contributed by atoms with Gasteiger partial charge in [-0.05, 0) is 37.2 Å². The standard InChI is InChI=1S/C10H21N5OS/c1-5-6-11-9(3)10-12-13-14-15(10)7-8(2)17(4)16/h8-9,11H,5-7H2,1-4H3. The molecule has 0 aliphatic carbocycles. The van der Waals surface area contributed by atoms with Gasteiger partial charge in [-0.2, -0.15) is 0 Å². The van der Waals surface area contributed by atoms with Crippen LogP contribution >= 0.6 is 0 Å². The molecule has 0 radical (unpaired) electrons. The van der Waals surface area contributed by atoms with Crippen molar-refractivity contribution in [1.82, 2.24) is 25.5 Å². The maximum atomic E-state index is 11.3. The Bertz CT molecular complexity index is 367. The van der Waals surface area contributed by atoms with E-state index in [2.05, 4.69) is 27.8 Å². The Labute approximate surface area is 105 Å². The average Bonchev–Trinajstić information content (AvgIpc) is 2.73. The Balaban J connectivity index is 2.68. The molecule has 7 heteroatoms. The molecular weight excluding hydrogens is 238 g/mol. The van der Waals surface area contributed by atoms with Crippen molar-refractivity contribution in [2.75, 3.05) is 12.8 Å². The van der Waals surface area contributed by atoms with E-state index >= 15 is 0 Å². The first-order valence-electron chi connectivity index (χ1n) is 5.88. The molecule has 0 aliphatic heterocycles. The molecule has 1 heterocycles. The molecule has 1 aromatic rings. The maximum Gasteiger partial charge on any atom is 0.167 e. The molecule has 1 rings (SSSR count). The molecule has 17 heavy (non-hydrogen) atoms. The number of hydrogen-bond acceptors (Lipinski definition) is 5. The summed E-state index contributed by atoms with van der Waals surface area (Å²) >= 11 is 0. The van der Waals surface area contributed by atoms with E-state index in [4.69, 9.17) is 0 Å². The summed E-state index contributed by atoms with van der Waals surface area (Å²) in [6.07, 6.45) is 2.77. The lowest BCUT2D eigenvalue weighted by atomic mass is 10.3. The molecule has 0 saturated carbocycles. The van der Waals surface area contributed by atoms with Crippen molar-refractivity contribution in [3.05, 3.63) is 5.82 Å². The van der Waals surface area contributed by atoms with E-state index in [1.165, 1.54) is 0 Å². The molecule has 0 bridgehead atoms. The fourth-order valence-electron chi connectivity index (χ4n) is 1.45. The van der Waals surface area contributed by atoms with E-state index in [0.29, 0.717) is 6.54 Å². The minimum Gasteiger partial charge on any atom is -0.307 e. The summed E-state index contributed by atoms with van der Waals surface area (Å²) < 4.78 is 13.1. The van der Waals surface area contributed by atoms with Gasteiger partial charge in [-0.1, -0.05) is 6.92 Å². The van der Waals surface area contributed by atoms with Gasteiger partial charge in [-0.3, -0.25) is 4.21 Å². The highest BCUT2D eigenvalue weighted by Gasteiger charge is 2.16. The van der Waals surface area contributed by atoms with Crippen molar-refractivity contribution in [2.24, 2.45) is 0 Å². The summed E-state index contributed by atoms with van der Waals surface area (Å²) in [5, 5.41) is 15.0. The smallest absolute Gasteiger partial charge is 0.167 e. The Morgan fingerprint density at radius 3 is 2.76 bits per heavy atom. The van der Waals surface area contributed by atoms with Crippen LogP contribution in [0.25, 0.3) is 0 Å². The zero-order valence-electron chi connectivity index (χ0n) is 10.9. The molecule has 98 valence electrons. The molecule has 0 amide bonds. The van der Waals surface area contributed by atoms with Gasteiger partial charge in [0, 0.05) is 17.1 Å². The highest BCUT2D eigenvalue weighted by Crippen LogP contribution is 2.09. The molecule has 3 unspecified atom stereocenters. The van der Waals surface area contributed by atoms with Gasteiger partial charge in [0.2, 0.25) is 0 Å². The summed E-state index contributed by atoms with van der Waals surface area (Å²) in [7, 11) is -0.859. The van der Waals surface area contributed by atoms with Gasteiger partial charge in [0.15, 0.2) is 5.82 Å². The lowest BCUT2D eigenvalue weighted by Gasteiger charge is -2.14. The molecule has 1 N–H and O–H groups in total. The normalized spacial score (nSPS) is 16.7.